The van der Waals surface area contributed by atoms with E-state index >= 15 is 0 Å². The summed E-state index contributed by atoms with van der Waals surface area (Å²) in [5.74, 6) is 0.395. The summed E-state index contributed by atoms with van der Waals surface area (Å²) in [5.41, 5.74) is 0. The maximum atomic E-state index is 11.5. The van der Waals surface area contributed by atoms with Gasteiger partial charge in [0.2, 0.25) is 0 Å². The lowest BCUT2D eigenvalue weighted by molar-refractivity contribution is -0.141. The first-order chi connectivity index (χ1) is 9.65. The Morgan fingerprint density at radius 1 is 1.50 bits per heavy atom. The van der Waals surface area contributed by atoms with E-state index in [0.29, 0.717) is 17.3 Å². The Labute approximate surface area is 123 Å². The molecule has 0 radical (unpaired) electrons. The van der Waals surface area contributed by atoms with Crippen molar-refractivity contribution in [1.82, 2.24) is 9.97 Å². The minimum Gasteiger partial charge on any atom is -0.469 e. The fourth-order valence-electron chi connectivity index (χ4n) is 2.41. The van der Waals surface area contributed by atoms with E-state index in [-0.39, 0.29) is 18.0 Å². The molecule has 1 aromatic rings. The number of methoxy groups -OCH3 is 2. The quantitative estimate of drug-likeness (QED) is 0.793. The lowest BCUT2D eigenvalue weighted by Crippen LogP contribution is -2.41. The smallest absolute Gasteiger partial charge is 0.318 e. The van der Waals surface area contributed by atoms with E-state index in [1.165, 1.54) is 20.4 Å². The lowest BCUT2D eigenvalue weighted by Gasteiger charge is -2.36. The highest BCUT2D eigenvalue weighted by Gasteiger charge is 2.28. The number of esters is 1. The minimum absolute atomic E-state index is 0.0494. The molecule has 1 aromatic heterocycles. The first-order valence-electron chi connectivity index (χ1n) is 6.55. The van der Waals surface area contributed by atoms with Crippen LogP contribution in [0.15, 0.2) is 6.20 Å². The van der Waals surface area contributed by atoms with Crippen LogP contribution in [0.25, 0.3) is 0 Å². The van der Waals surface area contributed by atoms with Gasteiger partial charge in [-0.25, -0.2) is 4.98 Å². The summed E-state index contributed by atoms with van der Waals surface area (Å²) < 4.78 is 9.80. The van der Waals surface area contributed by atoms with Crippen LogP contribution in [0.3, 0.4) is 0 Å². The van der Waals surface area contributed by atoms with Crippen molar-refractivity contribution in [3.05, 3.63) is 11.2 Å². The number of hydrogen-bond donors (Lipinski definition) is 0. The number of halogens is 1. The highest BCUT2D eigenvalue weighted by atomic mass is 35.5. The molecule has 7 heteroatoms. The standard InChI is InChI=1S/C13H18ClN3O3/c1-19-11(18)7-9-5-3-4-6-17(9)12-10(14)8-15-13(16-12)20-2/h8-9H,3-7H2,1-2H3. The summed E-state index contributed by atoms with van der Waals surface area (Å²) >= 11 is 6.18. The molecule has 0 amide bonds. The molecular weight excluding hydrogens is 282 g/mol. The van der Waals surface area contributed by atoms with Gasteiger partial charge in [0.05, 0.1) is 26.8 Å². The molecule has 1 fully saturated rings. The predicted molar refractivity (Wildman–Crippen MR) is 75.2 cm³/mol. The average Bonchev–Trinajstić information content (AvgIpc) is 2.48. The molecule has 0 spiro atoms. The van der Waals surface area contributed by atoms with Crippen LogP contribution in [0.1, 0.15) is 25.7 Å². The van der Waals surface area contributed by atoms with Gasteiger partial charge >= 0.3 is 12.0 Å². The third-order valence-corrected chi connectivity index (χ3v) is 3.68. The van der Waals surface area contributed by atoms with Gasteiger partial charge in [0.1, 0.15) is 5.02 Å². The molecule has 0 aliphatic carbocycles. The third kappa shape index (κ3) is 3.30. The Morgan fingerprint density at radius 2 is 2.30 bits per heavy atom. The average molecular weight is 300 g/mol. The molecule has 6 nitrogen and oxygen atoms in total. The minimum atomic E-state index is -0.223. The van der Waals surface area contributed by atoms with Crippen molar-refractivity contribution in [1.29, 1.82) is 0 Å². The van der Waals surface area contributed by atoms with Gasteiger partial charge in [0.15, 0.2) is 5.82 Å². The van der Waals surface area contributed by atoms with Gasteiger partial charge in [0, 0.05) is 12.6 Å². The molecule has 0 N–H and O–H groups in total. The van der Waals surface area contributed by atoms with E-state index in [9.17, 15) is 4.79 Å². The van der Waals surface area contributed by atoms with Crippen molar-refractivity contribution in [2.45, 2.75) is 31.7 Å². The van der Waals surface area contributed by atoms with Crippen LogP contribution < -0.4 is 9.64 Å². The summed E-state index contributed by atoms with van der Waals surface area (Å²) in [4.78, 5) is 21.9. The zero-order valence-electron chi connectivity index (χ0n) is 11.6. The summed E-state index contributed by atoms with van der Waals surface area (Å²) in [6, 6.07) is 0.320. The zero-order valence-corrected chi connectivity index (χ0v) is 12.4. The number of aromatic nitrogens is 2. The largest absolute Gasteiger partial charge is 0.469 e. The van der Waals surface area contributed by atoms with Crippen LogP contribution >= 0.6 is 11.6 Å². The molecule has 1 aliphatic rings. The van der Waals surface area contributed by atoms with Gasteiger partial charge in [-0.15, -0.1) is 0 Å². The molecule has 1 atom stereocenters. The summed E-state index contributed by atoms with van der Waals surface area (Å²) in [6.45, 7) is 0.807. The maximum Gasteiger partial charge on any atom is 0.318 e. The second kappa shape index (κ2) is 6.74. The van der Waals surface area contributed by atoms with Crippen molar-refractivity contribution in [3.8, 4) is 6.01 Å². The third-order valence-electron chi connectivity index (χ3n) is 3.42. The summed E-state index contributed by atoms with van der Waals surface area (Å²) in [6.07, 6.45) is 4.89. The van der Waals surface area contributed by atoms with Crippen molar-refractivity contribution >= 4 is 23.4 Å². The van der Waals surface area contributed by atoms with Crippen molar-refractivity contribution in [3.63, 3.8) is 0 Å². The van der Waals surface area contributed by atoms with Crippen molar-refractivity contribution in [2.75, 3.05) is 25.7 Å². The van der Waals surface area contributed by atoms with Gasteiger partial charge in [-0.05, 0) is 19.3 Å². The van der Waals surface area contributed by atoms with Gasteiger partial charge in [-0.2, -0.15) is 4.98 Å². The van der Waals surface area contributed by atoms with Crippen LogP contribution in [-0.4, -0.2) is 42.7 Å². The van der Waals surface area contributed by atoms with E-state index in [1.807, 2.05) is 4.90 Å². The number of ether oxygens (including phenoxy) is 2. The van der Waals surface area contributed by atoms with E-state index in [2.05, 4.69) is 9.97 Å². The van der Waals surface area contributed by atoms with E-state index in [4.69, 9.17) is 21.1 Å². The van der Waals surface area contributed by atoms with Crippen LogP contribution in [-0.2, 0) is 9.53 Å². The number of rotatable bonds is 4. The number of carbonyl (C=O) groups is 1. The van der Waals surface area contributed by atoms with Crippen LogP contribution in [0.4, 0.5) is 5.82 Å². The van der Waals surface area contributed by atoms with Crippen molar-refractivity contribution < 1.29 is 14.3 Å². The highest BCUT2D eigenvalue weighted by molar-refractivity contribution is 6.32. The predicted octanol–water partition coefficient (Wildman–Crippen LogP) is 2.06. The van der Waals surface area contributed by atoms with Gasteiger partial charge in [0.25, 0.3) is 0 Å². The van der Waals surface area contributed by atoms with Gasteiger partial charge in [-0.3, -0.25) is 4.79 Å². The van der Waals surface area contributed by atoms with E-state index < -0.39 is 0 Å². The van der Waals surface area contributed by atoms with Gasteiger partial charge < -0.3 is 14.4 Å². The highest BCUT2D eigenvalue weighted by Crippen LogP contribution is 2.31. The molecule has 110 valence electrons. The number of anilines is 1. The molecule has 2 rings (SSSR count). The molecule has 0 bridgehead atoms. The second-order valence-electron chi connectivity index (χ2n) is 4.65. The Bertz CT molecular complexity index is 484. The lowest BCUT2D eigenvalue weighted by atomic mass is 9.99. The number of carbonyl (C=O) groups excluding carboxylic acids is 1. The van der Waals surface area contributed by atoms with E-state index in [0.717, 1.165) is 25.8 Å². The fourth-order valence-corrected chi connectivity index (χ4v) is 2.61. The van der Waals surface area contributed by atoms with Crippen molar-refractivity contribution in [2.24, 2.45) is 0 Å². The Balaban J connectivity index is 2.25. The molecule has 1 saturated heterocycles. The van der Waals surface area contributed by atoms with Crippen LogP contribution in [0.5, 0.6) is 6.01 Å². The zero-order chi connectivity index (χ0) is 14.5. The number of nitrogens with zero attached hydrogens (tertiary/aromatic N) is 3. The monoisotopic (exact) mass is 299 g/mol. The molecule has 20 heavy (non-hydrogen) atoms. The van der Waals surface area contributed by atoms with Crippen LogP contribution in [0, 0.1) is 0 Å². The van der Waals surface area contributed by atoms with Crippen LogP contribution in [0.2, 0.25) is 5.02 Å². The Hall–Kier alpha value is -1.56. The first kappa shape index (κ1) is 14.8. The molecule has 2 heterocycles. The Morgan fingerprint density at radius 3 is 3.00 bits per heavy atom. The molecular formula is C13H18ClN3O3. The maximum absolute atomic E-state index is 11.5. The summed E-state index contributed by atoms with van der Waals surface area (Å²) in [5, 5.41) is 0.461. The topological polar surface area (TPSA) is 64.5 Å². The molecule has 0 saturated carbocycles. The fraction of sp³-hybridized carbons (Fsp3) is 0.615. The summed E-state index contributed by atoms with van der Waals surface area (Å²) in [7, 11) is 2.91. The normalized spacial score (nSPS) is 18.8. The molecule has 0 aromatic carbocycles. The SMILES string of the molecule is COC(=O)CC1CCCCN1c1nc(OC)ncc1Cl. The van der Waals surface area contributed by atoms with Gasteiger partial charge in [-0.1, -0.05) is 11.6 Å². The molecule has 1 aliphatic heterocycles. The first-order valence-corrected chi connectivity index (χ1v) is 6.93. The number of piperidine rings is 1. The number of hydrogen-bond acceptors (Lipinski definition) is 6. The molecule has 1 unspecified atom stereocenters. The second-order valence-corrected chi connectivity index (χ2v) is 5.06. The van der Waals surface area contributed by atoms with E-state index in [1.54, 1.807) is 0 Å². The Kier molecular flexibility index (Phi) is 5.00.